The minimum atomic E-state index is -0.147. The fourth-order valence-electron chi connectivity index (χ4n) is 2.96. The fraction of sp³-hybridized carbons (Fsp3) is 0.625. The number of nitrogens with zero attached hydrogens (tertiary/aromatic N) is 2. The van der Waals surface area contributed by atoms with Crippen molar-refractivity contribution in [2.24, 2.45) is 16.8 Å². The van der Waals surface area contributed by atoms with Crippen molar-refractivity contribution in [2.45, 2.75) is 27.3 Å². The zero-order valence-corrected chi connectivity index (χ0v) is 14.0. The molecule has 1 aliphatic heterocycles. The molecule has 0 radical (unpaired) electrons. The summed E-state index contributed by atoms with van der Waals surface area (Å²) in [5, 5.41) is 3.34. The van der Waals surface area contributed by atoms with Crippen LogP contribution in [0.4, 0.5) is 0 Å². The number of furan rings is 1. The summed E-state index contributed by atoms with van der Waals surface area (Å²) >= 11 is 0. The number of aliphatic imine (C=N–C) groups is 1. The maximum Gasteiger partial charge on any atom is 0.310 e. The van der Waals surface area contributed by atoms with Crippen molar-refractivity contribution >= 4 is 11.9 Å². The minimum Gasteiger partial charge on any atom is -0.469 e. The minimum absolute atomic E-state index is 0.0959. The van der Waals surface area contributed by atoms with Crippen molar-refractivity contribution in [1.29, 1.82) is 0 Å². The molecule has 122 valence electrons. The van der Waals surface area contributed by atoms with E-state index in [2.05, 4.69) is 22.1 Å². The van der Waals surface area contributed by atoms with Crippen molar-refractivity contribution in [1.82, 2.24) is 10.2 Å². The summed E-state index contributed by atoms with van der Waals surface area (Å²) in [6.45, 7) is 8.05. The second-order valence-electron chi connectivity index (χ2n) is 5.85. The number of hydrogen-bond acceptors (Lipinski definition) is 4. The first-order valence-corrected chi connectivity index (χ1v) is 7.55. The van der Waals surface area contributed by atoms with E-state index in [1.165, 1.54) is 7.11 Å². The van der Waals surface area contributed by atoms with Crippen LogP contribution in [-0.2, 0) is 16.1 Å². The highest BCUT2D eigenvalue weighted by atomic mass is 16.5. The van der Waals surface area contributed by atoms with Crippen molar-refractivity contribution in [3.8, 4) is 0 Å². The van der Waals surface area contributed by atoms with Gasteiger partial charge in [0.1, 0.15) is 11.5 Å². The van der Waals surface area contributed by atoms with Gasteiger partial charge in [0.2, 0.25) is 0 Å². The summed E-state index contributed by atoms with van der Waals surface area (Å²) in [5.74, 6) is 2.64. The number of ether oxygens (including phenoxy) is 1. The lowest BCUT2D eigenvalue weighted by Crippen LogP contribution is -2.40. The molecule has 0 amide bonds. The molecule has 1 aromatic heterocycles. The maximum absolute atomic E-state index is 11.8. The van der Waals surface area contributed by atoms with E-state index in [-0.39, 0.29) is 17.8 Å². The van der Waals surface area contributed by atoms with E-state index in [1.54, 1.807) is 7.05 Å². The number of esters is 1. The highest BCUT2D eigenvalue weighted by molar-refractivity contribution is 5.82. The molecule has 1 aliphatic rings. The average molecular weight is 307 g/mol. The van der Waals surface area contributed by atoms with Gasteiger partial charge in [-0.1, -0.05) is 6.92 Å². The molecule has 22 heavy (non-hydrogen) atoms. The highest BCUT2D eigenvalue weighted by Crippen LogP contribution is 2.24. The molecule has 6 nitrogen and oxygen atoms in total. The van der Waals surface area contributed by atoms with Crippen molar-refractivity contribution in [2.75, 3.05) is 27.2 Å². The number of aryl methyl sites for hydroxylation is 2. The monoisotopic (exact) mass is 307 g/mol. The van der Waals surface area contributed by atoms with Crippen molar-refractivity contribution in [3.63, 3.8) is 0 Å². The van der Waals surface area contributed by atoms with E-state index in [0.29, 0.717) is 13.1 Å². The second kappa shape index (κ2) is 6.85. The molecule has 0 spiro atoms. The van der Waals surface area contributed by atoms with Gasteiger partial charge in [-0.2, -0.15) is 0 Å². The number of rotatable bonds is 3. The number of carbonyl (C=O) groups excluding carboxylic acids is 1. The Morgan fingerprint density at radius 1 is 1.50 bits per heavy atom. The molecule has 0 aliphatic carbocycles. The number of carbonyl (C=O) groups is 1. The molecule has 2 heterocycles. The molecule has 1 saturated heterocycles. The van der Waals surface area contributed by atoms with Gasteiger partial charge >= 0.3 is 5.97 Å². The van der Waals surface area contributed by atoms with Crippen LogP contribution in [0, 0.1) is 25.7 Å². The van der Waals surface area contributed by atoms with Crippen LogP contribution in [-0.4, -0.2) is 44.1 Å². The second-order valence-corrected chi connectivity index (χ2v) is 5.85. The number of hydrogen-bond donors (Lipinski definition) is 1. The Kier molecular flexibility index (Phi) is 5.11. The summed E-state index contributed by atoms with van der Waals surface area (Å²) in [6.07, 6.45) is 0. The van der Waals surface area contributed by atoms with E-state index in [1.807, 2.05) is 19.9 Å². The molecular formula is C16H25N3O3. The van der Waals surface area contributed by atoms with Gasteiger partial charge in [-0.25, -0.2) is 0 Å². The molecule has 1 aromatic rings. The van der Waals surface area contributed by atoms with Crippen LogP contribution < -0.4 is 5.32 Å². The average Bonchev–Trinajstić information content (AvgIpc) is 3.01. The lowest BCUT2D eigenvalue weighted by Gasteiger charge is -2.21. The summed E-state index contributed by atoms with van der Waals surface area (Å²) in [4.78, 5) is 18.2. The van der Waals surface area contributed by atoms with Gasteiger partial charge in [0, 0.05) is 32.2 Å². The molecule has 1 fully saturated rings. The van der Waals surface area contributed by atoms with Crippen molar-refractivity contribution < 1.29 is 13.9 Å². The first kappa shape index (κ1) is 16.4. The number of likely N-dealkylation sites (tertiary alicyclic amines) is 1. The lowest BCUT2D eigenvalue weighted by molar-refractivity contribution is -0.145. The zero-order chi connectivity index (χ0) is 16.3. The Balaban J connectivity index is 1.98. The summed E-state index contributed by atoms with van der Waals surface area (Å²) in [5.41, 5.74) is 1.12. The Morgan fingerprint density at radius 2 is 2.23 bits per heavy atom. The first-order chi connectivity index (χ1) is 10.5. The molecule has 2 unspecified atom stereocenters. The predicted molar refractivity (Wildman–Crippen MR) is 84.6 cm³/mol. The van der Waals surface area contributed by atoms with E-state index in [9.17, 15) is 4.79 Å². The molecule has 1 N–H and O–H groups in total. The predicted octanol–water partition coefficient (Wildman–Crippen LogP) is 1.71. The normalized spacial score (nSPS) is 22.0. The van der Waals surface area contributed by atoms with Crippen LogP contribution in [0.3, 0.4) is 0 Å². The molecule has 0 aromatic carbocycles. The molecular weight excluding hydrogens is 282 g/mol. The largest absolute Gasteiger partial charge is 0.469 e. The topological polar surface area (TPSA) is 67.1 Å². The van der Waals surface area contributed by atoms with Gasteiger partial charge < -0.3 is 19.4 Å². The molecule has 0 saturated carbocycles. The number of guanidine groups is 1. The Hall–Kier alpha value is -1.98. The van der Waals surface area contributed by atoms with E-state index in [0.717, 1.165) is 29.6 Å². The van der Waals surface area contributed by atoms with Crippen LogP contribution in [0.15, 0.2) is 15.5 Å². The molecule has 2 atom stereocenters. The fourth-order valence-corrected chi connectivity index (χ4v) is 2.96. The van der Waals surface area contributed by atoms with Crippen LogP contribution in [0.1, 0.15) is 24.0 Å². The lowest BCUT2D eigenvalue weighted by atomic mass is 9.99. The van der Waals surface area contributed by atoms with Gasteiger partial charge in [0.05, 0.1) is 13.0 Å². The standard InChI is InChI=1S/C16H25N3O3/c1-10-8-19(9-14(10)15(20)21-5)16(17-4)18-7-13-6-11(2)22-12(13)3/h6,10,14H,7-9H2,1-5H3,(H,17,18). The molecule has 0 bridgehead atoms. The summed E-state index contributed by atoms with van der Waals surface area (Å²) < 4.78 is 10.4. The molecule has 2 rings (SSSR count). The van der Waals surface area contributed by atoms with Gasteiger partial charge in [-0.05, 0) is 25.8 Å². The first-order valence-electron chi connectivity index (χ1n) is 7.55. The van der Waals surface area contributed by atoms with Crippen molar-refractivity contribution in [3.05, 3.63) is 23.2 Å². The van der Waals surface area contributed by atoms with Gasteiger partial charge in [-0.3, -0.25) is 9.79 Å². The van der Waals surface area contributed by atoms with Crippen LogP contribution in [0.25, 0.3) is 0 Å². The van der Waals surface area contributed by atoms with Crippen LogP contribution in [0.5, 0.6) is 0 Å². The third-order valence-electron chi connectivity index (χ3n) is 4.21. The van der Waals surface area contributed by atoms with Gasteiger partial charge in [0.25, 0.3) is 0 Å². The van der Waals surface area contributed by atoms with Gasteiger partial charge in [-0.15, -0.1) is 0 Å². The Morgan fingerprint density at radius 3 is 2.77 bits per heavy atom. The zero-order valence-electron chi connectivity index (χ0n) is 14.0. The molecule has 6 heteroatoms. The third-order valence-corrected chi connectivity index (χ3v) is 4.21. The van der Waals surface area contributed by atoms with E-state index in [4.69, 9.17) is 9.15 Å². The Bertz CT molecular complexity index is 565. The van der Waals surface area contributed by atoms with Crippen LogP contribution in [0.2, 0.25) is 0 Å². The maximum atomic E-state index is 11.8. The highest BCUT2D eigenvalue weighted by Gasteiger charge is 2.36. The smallest absolute Gasteiger partial charge is 0.310 e. The summed E-state index contributed by atoms with van der Waals surface area (Å²) in [6, 6.07) is 2.03. The number of nitrogens with one attached hydrogen (secondary N) is 1. The third kappa shape index (κ3) is 3.43. The SMILES string of the molecule is CN=C(NCc1cc(C)oc1C)N1CC(C)C(C(=O)OC)C1. The summed E-state index contributed by atoms with van der Waals surface area (Å²) in [7, 11) is 3.20. The van der Waals surface area contributed by atoms with Gasteiger partial charge in [0.15, 0.2) is 5.96 Å². The van der Waals surface area contributed by atoms with E-state index < -0.39 is 0 Å². The van der Waals surface area contributed by atoms with E-state index >= 15 is 0 Å². The Labute approximate surface area is 131 Å². The van der Waals surface area contributed by atoms with Crippen LogP contribution >= 0.6 is 0 Å². The number of methoxy groups -OCH3 is 1. The quantitative estimate of drug-likeness (QED) is 0.523.